The number of anilines is 1. The molecule has 0 unspecified atom stereocenters. The predicted molar refractivity (Wildman–Crippen MR) is 94.0 cm³/mol. The zero-order valence-electron chi connectivity index (χ0n) is 14.5. The minimum Gasteiger partial charge on any atom is -0.497 e. The molecule has 0 saturated heterocycles. The van der Waals surface area contributed by atoms with Crippen molar-refractivity contribution < 1.29 is 23.8 Å². The second-order valence-corrected chi connectivity index (χ2v) is 5.49. The van der Waals surface area contributed by atoms with Crippen LogP contribution in [0.4, 0.5) is 5.69 Å². The van der Waals surface area contributed by atoms with Gasteiger partial charge in [-0.15, -0.1) is 0 Å². The number of nitrogens with one attached hydrogen (secondary N) is 1. The van der Waals surface area contributed by atoms with Crippen LogP contribution < -0.4 is 14.8 Å². The van der Waals surface area contributed by atoms with Gasteiger partial charge in [0.2, 0.25) is 0 Å². The van der Waals surface area contributed by atoms with Crippen molar-refractivity contribution >= 4 is 17.6 Å². The van der Waals surface area contributed by atoms with Crippen molar-refractivity contribution in [2.45, 2.75) is 13.8 Å². The van der Waals surface area contributed by atoms with Crippen LogP contribution in [0.5, 0.6) is 11.5 Å². The normalized spacial score (nSPS) is 10.0. The van der Waals surface area contributed by atoms with E-state index in [1.807, 2.05) is 32.0 Å². The third-order valence-corrected chi connectivity index (χ3v) is 3.44. The van der Waals surface area contributed by atoms with Gasteiger partial charge in [0, 0.05) is 5.69 Å². The molecule has 0 bridgehead atoms. The third kappa shape index (κ3) is 5.84. The number of esters is 1. The molecule has 0 radical (unpaired) electrons. The van der Waals surface area contributed by atoms with Gasteiger partial charge in [0.15, 0.2) is 13.2 Å². The molecule has 2 rings (SSSR count). The summed E-state index contributed by atoms with van der Waals surface area (Å²) in [6.07, 6.45) is 0. The maximum absolute atomic E-state index is 11.9. The lowest BCUT2D eigenvalue weighted by Crippen LogP contribution is -2.24. The first-order chi connectivity index (χ1) is 12.0. The molecule has 2 aromatic rings. The summed E-state index contributed by atoms with van der Waals surface area (Å²) in [4.78, 5) is 23.5. The number of ether oxygens (including phenoxy) is 3. The van der Waals surface area contributed by atoms with Gasteiger partial charge in [-0.05, 0) is 49.7 Å². The van der Waals surface area contributed by atoms with Crippen LogP contribution in [0.3, 0.4) is 0 Å². The minimum absolute atomic E-state index is 0.275. The largest absolute Gasteiger partial charge is 0.497 e. The smallest absolute Gasteiger partial charge is 0.344 e. The van der Waals surface area contributed by atoms with Gasteiger partial charge >= 0.3 is 5.97 Å². The van der Waals surface area contributed by atoms with E-state index in [-0.39, 0.29) is 13.2 Å². The first-order valence-corrected chi connectivity index (χ1v) is 7.77. The van der Waals surface area contributed by atoms with Gasteiger partial charge < -0.3 is 19.5 Å². The summed E-state index contributed by atoms with van der Waals surface area (Å²) in [5, 5.41) is 2.71. The van der Waals surface area contributed by atoms with Crippen molar-refractivity contribution in [2.75, 3.05) is 25.6 Å². The van der Waals surface area contributed by atoms with E-state index in [4.69, 9.17) is 14.2 Å². The summed E-state index contributed by atoms with van der Waals surface area (Å²) in [7, 11) is 1.57. The van der Waals surface area contributed by atoms with Crippen molar-refractivity contribution in [3.05, 3.63) is 53.6 Å². The molecule has 0 aliphatic carbocycles. The first kappa shape index (κ1) is 18.3. The van der Waals surface area contributed by atoms with Crippen LogP contribution in [0.1, 0.15) is 11.1 Å². The number of carbonyl (C=O) groups is 2. The lowest BCUT2D eigenvalue weighted by Gasteiger charge is -2.10. The minimum atomic E-state index is -0.619. The van der Waals surface area contributed by atoms with Crippen LogP contribution in [0.2, 0.25) is 0 Å². The molecule has 25 heavy (non-hydrogen) atoms. The van der Waals surface area contributed by atoms with Crippen LogP contribution in [-0.4, -0.2) is 32.2 Å². The van der Waals surface area contributed by atoms with Crippen LogP contribution >= 0.6 is 0 Å². The maximum atomic E-state index is 11.9. The molecule has 6 nitrogen and oxygen atoms in total. The summed E-state index contributed by atoms with van der Waals surface area (Å²) >= 11 is 0. The van der Waals surface area contributed by atoms with Gasteiger partial charge in [-0.2, -0.15) is 0 Å². The molecule has 6 heteroatoms. The molecule has 0 aliphatic heterocycles. The number of rotatable bonds is 7. The molecule has 0 aromatic heterocycles. The summed E-state index contributed by atoms with van der Waals surface area (Å²) < 4.78 is 15.2. The number of hydrogen-bond donors (Lipinski definition) is 1. The molecule has 132 valence electrons. The van der Waals surface area contributed by atoms with E-state index in [0.717, 1.165) is 11.1 Å². The van der Waals surface area contributed by atoms with Gasteiger partial charge in [0.05, 0.1) is 7.11 Å². The molecule has 0 fully saturated rings. The number of hydrogen-bond acceptors (Lipinski definition) is 5. The Morgan fingerprint density at radius 2 is 1.64 bits per heavy atom. The summed E-state index contributed by atoms with van der Waals surface area (Å²) in [6.45, 7) is 3.24. The highest BCUT2D eigenvalue weighted by molar-refractivity contribution is 5.93. The van der Waals surface area contributed by atoms with E-state index >= 15 is 0 Å². The Kier molecular flexibility index (Phi) is 6.39. The number of benzene rings is 2. The Labute approximate surface area is 146 Å². The van der Waals surface area contributed by atoms with Crippen molar-refractivity contribution in [3.63, 3.8) is 0 Å². The first-order valence-electron chi connectivity index (χ1n) is 7.77. The van der Waals surface area contributed by atoms with Gasteiger partial charge in [-0.3, -0.25) is 4.79 Å². The lowest BCUT2D eigenvalue weighted by molar-refractivity contribution is -0.149. The summed E-state index contributed by atoms with van der Waals surface area (Å²) in [5.74, 6) is 0.187. The number of carbonyl (C=O) groups excluding carboxylic acids is 2. The monoisotopic (exact) mass is 343 g/mol. The third-order valence-electron chi connectivity index (χ3n) is 3.44. The van der Waals surface area contributed by atoms with E-state index < -0.39 is 11.9 Å². The van der Waals surface area contributed by atoms with Gasteiger partial charge in [0.1, 0.15) is 11.5 Å². The van der Waals surface area contributed by atoms with E-state index in [2.05, 4.69) is 5.32 Å². The van der Waals surface area contributed by atoms with E-state index in [1.165, 1.54) is 0 Å². The van der Waals surface area contributed by atoms with Crippen LogP contribution in [-0.2, 0) is 14.3 Å². The zero-order chi connectivity index (χ0) is 18.2. The van der Waals surface area contributed by atoms with Crippen LogP contribution in [0, 0.1) is 13.8 Å². The highest BCUT2D eigenvalue weighted by Gasteiger charge is 2.10. The zero-order valence-corrected chi connectivity index (χ0v) is 14.5. The maximum Gasteiger partial charge on any atom is 0.344 e. The van der Waals surface area contributed by atoms with Crippen molar-refractivity contribution in [1.82, 2.24) is 0 Å². The van der Waals surface area contributed by atoms with E-state index in [9.17, 15) is 9.59 Å². The Balaban J connectivity index is 1.74. The SMILES string of the molecule is COc1ccc(OCC(=O)OCC(=O)Nc2ccc(C)cc2C)cc1. The quantitative estimate of drug-likeness (QED) is 0.783. The lowest BCUT2D eigenvalue weighted by atomic mass is 10.1. The molecule has 0 heterocycles. The molecule has 2 aromatic carbocycles. The number of amides is 1. The topological polar surface area (TPSA) is 73.9 Å². The molecular formula is C19H21NO5. The molecule has 1 N–H and O–H groups in total. The van der Waals surface area contributed by atoms with Gasteiger partial charge in [-0.1, -0.05) is 17.7 Å². The molecule has 0 aliphatic rings. The summed E-state index contributed by atoms with van der Waals surface area (Å²) in [5.41, 5.74) is 2.75. The fraction of sp³-hybridized carbons (Fsp3) is 0.263. The average molecular weight is 343 g/mol. The van der Waals surface area contributed by atoms with E-state index in [1.54, 1.807) is 31.4 Å². The Morgan fingerprint density at radius 3 is 2.28 bits per heavy atom. The fourth-order valence-corrected chi connectivity index (χ4v) is 2.14. The molecule has 1 amide bonds. The number of aryl methyl sites for hydroxylation is 2. The molecular weight excluding hydrogens is 322 g/mol. The second-order valence-electron chi connectivity index (χ2n) is 5.49. The molecule has 0 spiro atoms. The molecule has 0 saturated carbocycles. The van der Waals surface area contributed by atoms with Crippen molar-refractivity contribution in [1.29, 1.82) is 0 Å². The van der Waals surface area contributed by atoms with Crippen molar-refractivity contribution in [2.24, 2.45) is 0 Å². The summed E-state index contributed by atoms with van der Waals surface area (Å²) in [6, 6.07) is 12.5. The number of methoxy groups -OCH3 is 1. The highest BCUT2D eigenvalue weighted by Crippen LogP contribution is 2.17. The Bertz CT molecular complexity index is 740. The van der Waals surface area contributed by atoms with E-state index in [0.29, 0.717) is 17.2 Å². The highest BCUT2D eigenvalue weighted by atomic mass is 16.6. The van der Waals surface area contributed by atoms with Crippen LogP contribution in [0.25, 0.3) is 0 Å². The Hall–Kier alpha value is -3.02. The second kappa shape index (κ2) is 8.73. The van der Waals surface area contributed by atoms with Gasteiger partial charge in [-0.25, -0.2) is 4.79 Å². The average Bonchev–Trinajstić information content (AvgIpc) is 2.61. The Morgan fingerprint density at radius 1 is 0.960 bits per heavy atom. The fourth-order valence-electron chi connectivity index (χ4n) is 2.14. The standard InChI is InChI=1S/C19H21NO5/c1-13-4-9-17(14(2)10-13)20-18(21)11-25-19(22)12-24-16-7-5-15(23-3)6-8-16/h4-10H,11-12H2,1-3H3,(H,20,21). The molecule has 0 atom stereocenters. The van der Waals surface area contributed by atoms with Crippen molar-refractivity contribution in [3.8, 4) is 11.5 Å². The van der Waals surface area contributed by atoms with Gasteiger partial charge in [0.25, 0.3) is 5.91 Å². The predicted octanol–water partition coefficient (Wildman–Crippen LogP) is 2.87. The van der Waals surface area contributed by atoms with Crippen LogP contribution in [0.15, 0.2) is 42.5 Å².